The summed E-state index contributed by atoms with van der Waals surface area (Å²) in [5.41, 5.74) is 0.286. The van der Waals surface area contributed by atoms with Gasteiger partial charge in [0.05, 0.1) is 6.61 Å². The lowest BCUT2D eigenvalue weighted by atomic mass is 9.99. The van der Waals surface area contributed by atoms with Gasteiger partial charge in [-0.05, 0) is 47.6 Å². The van der Waals surface area contributed by atoms with Gasteiger partial charge in [-0.1, -0.05) is 0 Å². The molecule has 0 saturated carbocycles. The summed E-state index contributed by atoms with van der Waals surface area (Å²) in [5, 5.41) is 15.5. The molecule has 0 aromatic carbocycles. The van der Waals surface area contributed by atoms with Crippen LogP contribution in [0.15, 0.2) is 0 Å². The van der Waals surface area contributed by atoms with Crippen LogP contribution >= 0.6 is 0 Å². The molecular formula is C11H26N2O. The third-order valence-electron chi connectivity index (χ3n) is 2.12. The number of nitrogens with one attached hydrogen (secondary N) is 2. The van der Waals surface area contributed by atoms with Crippen molar-refractivity contribution in [3.63, 3.8) is 0 Å². The molecule has 3 N–H and O–H groups in total. The molecule has 14 heavy (non-hydrogen) atoms. The van der Waals surface area contributed by atoms with Gasteiger partial charge in [0, 0.05) is 17.6 Å². The van der Waals surface area contributed by atoms with E-state index in [1.165, 1.54) is 0 Å². The maximum Gasteiger partial charge on any atom is 0.0556 e. The molecular weight excluding hydrogens is 176 g/mol. The van der Waals surface area contributed by atoms with Crippen LogP contribution < -0.4 is 10.6 Å². The first kappa shape index (κ1) is 13.9. The lowest BCUT2D eigenvalue weighted by Gasteiger charge is -2.28. The molecule has 3 heteroatoms. The Bertz CT molecular complexity index is 150. The van der Waals surface area contributed by atoms with Crippen molar-refractivity contribution in [2.24, 2.45) is 0 Å². The Morgan fingerprint density at radius 3 is 1.93 bits per heavy atom. The molecule has 0 amide bonds. The van der Waals surface area contributed by atoms with Gasteiger partial charge in [0.25, 0.3) is 0 Å². The van der Waals surface area contributed by atoms with Crippen molar-refractivity contribution in [1.82, 2.24) is 10.6 Å². The number of rotatable bonds is 6. The number of hydrogen-bond donors (Lipinski definition) is 3. The van der Waals surface area contributed by atoms with Crippen molar-refractivity contribution >= 4 is 0 Å². The second kappa shape index (κ2) is 5.69. The maximum absolute atomic E-state index is 8.71. The number of aliphatic hydroxyl groups is 1. The summed E-state index contributed by atoms with van der Waals surface area (Å²) in [7, 11) is 0. The lowest BCUT2D eigenvalue weighted by Crippen LogP contribution is -2.45. The summed E-state index contributed by atoms with van der Waals surface area (Å²) < 4.78 is 0. The van der Waals surface area contributed by atoms with E-state index in [0.717, 1.165) is 13.0 Å². The van der Waals surface area contributed by atoms with Crippen LogP contribution in [0.25, 0.3) is 0 Å². The SMILES string of the molecule is CC(C)(C)NCCC(C)(C)NCCO. The van der Waals surface area contributed by atoms with Gasteiger partial charge < -0.3 is 15.7 Å². The van der Waals surface area contributed by atoms with Gasteiger partial charge in [0.15, 0.2) is 0 Å². The minimum absolute atomic E-state index is 0.0982. The number of hydrogen-bond acceptors (Lipinski definition) is 3. The highest BCUT2D eigenvalue weighted by molar-refractivity contribution is 4.80. The van der Waals surface area contributed by atoms with Crippen molar-refractivity contribution in [3.05, 3.63) is 0 Å². The van der Waals surface area contributed by atoms with Gasteiger partial charge in [-0.2, -0.15) is 0 Å². The zero-order valence-corrected chi connectivity index (χ0v) is 10.3. The molecule has 3 nitrogen and oxygen atoms in total. The zero-order chi connectivity index (χ0) is 11.2. The summed E-state index contributed by atoms with van der Waals surface area (Å²) in [6.07, 6.45) is 1.06. The molecule has 0 aromatic rings. The Kier molecular flexibility index (Phi) is 5.64. The molecule has 0 rings (SSSR count). The Labute approximate surface area is 88.3 Å². The van der Waals surface area contributed by atoms with E-state index in [1.54, 1.807) is 0 Å². The van der Waals surface area contributed by atoms with E-state index in [9.17, 15) is 0 Å². The van der Waals surface area contributed by atoms with Gasteiger partial charge in [0.2, 0.25) is 0 Å². The lowest BCUT2D eigenvalue weighted by molar-refractivity contribution is 0.256. The Balaban J connectivity index is 3.65. The summed E-state index contributed by atoms with van der Waals surface area (Å²) in [5.74, 6) is 0. The van der Waals surface area contributed by atoms with E-state index in [4.69, 9.17) is 5.11 Å². The first-order valence-corrected chi connectivity index (χ1v) is 5.38. The zero-order valence-electron chi connectivity index (χ0n) is 10.3. The first-order chi connectivity index (χ1) is 6.27. The molecule has 0 aromatic heterocycles. The van der Waals surface area contributed by atoms with Crippen LogP contribution in [0, 0.1) is 0 Å². The summed E-state index contributed by atoms with van der Waals surface area (Å²) in [6.45, 7) is 12.7. The van der Waals surface area contributed by atoms with E-state index in [0.29, 0.717) is 6.54 Å². The van der Waals surface area contributed by atoms with Crippen LogP contribution in [0.3, 0.4) is 0 Å². The van der Waals surface area contributed by atoms with Crippen LogP contribution in [-0.2, 0) is 0 Å². The molecule has 0 atom stereocenters. The van der Waals surface area contributed by atoms with Crippen molar-refractivity contribution in [1.29, 1.82) is 0 Å². The van der Waals surface area contributed by atoms with E-state index < -0.39 is 0 Å². The molecule has 86 valence electrons. The highest BCUT2D eigenvalue weighted by Crippen LogP contribution is 2.08. The number of β-amino-alcohol motifs (C(OH)–C–C–N with tert-alkyl or cyclic N) is 1. The van der Waals surface area contributed by atoms with E-state index in [1.807, 2.05) is 0 Å². The molecule has 0 aliphatic heterocycles. The monoisotopic (exact) mass is 202 g/mol. The van der Waals surface area contributed by atoms with Gasteiger partial charge >= 0.3 is 0 Å². The number of aliphatic hydroxyl groups excluding tert-OH is 1. The summed E-state index contributed by atoms with van der Waals surface area (Å²) in [6, 6.07) is 0. The normalized spacial score (nSPS) is 13.3. The third kappa shape index (κ3) is 8.48. The van der Waals surface area contributed by atoms with Crippen LogP contribution in [-0.4, -0.2) is 35.9 Å². The fourth-order valence-electron chi connectivity index (χ4n) is 1.23. The molecule has 0 radical (unpaired) electrons. The largest absolute Gasteiger partial charge is 0.395 e. The molecule has 0 fully saturated rings. The predicted octanol–water partition coefficient (Wildman–Crippen LogP) is 1.13. The fraction of sp³-hybridized carbons (Fsp3) is 1.00. The van der Waals surface area contributed by atoms with Crippen LogP contribution in [0.4, 0.5) is 0 Å². The quantitative estimate of drug-likeness (QED) is 0.605. The molecule has 0 unspecified atom stereocenters. The molecule has 0 bridgehead atoms. The van der Waals surface area contributed by atoms with Crippen LogP contribution in [0.5, 0.6) is 0 Å². The molecule has 0 aliphatic rings. The highest BCUT2D eigenvalue weighted by atomic mass is 16.3. The summed E-state index contributed by atoms with van der Waals surface area (Å²) in [4.78, 5) is 0. The predicted molar refractivity (Wildman–Crippen MR) is 61.5 cm³/mol. The average molecular weight is 202 g/mol. The Morgan fingerprint density at radius 1 is 0.929 bits per heavy atom. The van der Waals surface area contributed by atoms with Gasteiger partial charge in [-0.3, -0.25) is 0 Å². The fourth-order valence-corrected chi connectivity index (χ4v) is 1.23. The Morgan fingerprint density at radius 2 is 1.50 bits per heavy atom. The molecule has 0 aliphatic carbocycles. The maximum atomic E-state index is 8.71. The molecule has 0 heterocycles. The van der Waals surface area contributed by atoms with Gasteiger partial charge in [-0.15, -0.1) is 0 Å². The van der Waals surface area contributed by atoms with E-state index in [-0.39, 0.29) is 17.7 Å². The van der Waals surface area contributed by atoms with Crippen molar-refractivity contribution in [2.45, 2.75) is 52.1 Å². The minimum Gasteiger partial charge on any atom is -0.395 e. The summed E-state index contributed by atoms with van der Waals surface area (Å²) >= 11 is 0. The van der Waals surface area contributed by atoms with Gasteiger partial charge in [0.1, 0.15) is 0 Å². The topological polar surface area (TPSA) is 44.3 Å². The minimum atomic E-state index is 0.0982. The smallest absolute Gasteiger partial charge is 0.0556 e. The average Bonchev–Trinajstić information content (AvgIpc) is 1.98. The Hall–Kier alpha value is -0.120. The third-order valence-corrected chi connectivity index (χ3v) is 2.12. The molecule has 0 spiro atoms. The van der Waals surface area contributed by atoms with E-state index in [2.05, 4.69) is 45.3 Å². The van der Waals surface area contributed by atoms with Crippen molar-refractivity contribution in [3.8, 4) is 0 Å². The second-order valence-electron chi connectivity index (χ2n) is 5.46. The highest BCUT2D eigenvalue weighted by Gasteiger charge is 2.17. The first-order valence-electron chi connectivity index (χ1n) is 5.38. The van der Waals surface area contributed by atoms with Crippen LogP contribution in [0.2, 0.25) is 0 Å². The van der Waals surface area contributed by atoms with Crippen molar-refractivity contribution < 1.29 is 5.11 Å². The standard InChI is InChI=1S/C11H26N2O/c1-10(2,3)12-7-6-11(4,5)13-8-9-14/h12-14H,6-9H2,1-5H3. The molecule has 0 saturated heterocycles. The van der Waals surface area contributed by atoms with Crippen LogP contribution in [0.1, 0.15) is 41.0 Å². The van der Waals surface area contributed by atoms with E-state index >= 15 is 0 Å². The van der Waals surface area contributed by atoms with Gasteiger partial charge in [-0.25, -0.2) is 0 Å². The van der Waals surface area contributed by atoms with Crippen molar-refractivity contribution in [2.75, 3.05) is 19.7 Å². The second-order valence-corrected chi connectivity index (χ2v) is 5.46.